The molecule has 0 aliphatic heterocycles. The van der Waals surface area contributed by atoms with Crippen LogP contribution in [0.15, 0.2) is 24.3 Å². The molecule has 0 aromatic heterocycles. The lowest BCUT2D eigenvalue weighted by Gasteiger charge is -2.20. The Bertz CT molecular complexity index is 315. The Morgan fingerprint density at radius 1 is 1.33 bits per heavy atom. The molecule has 0 saturated heterocycles. The van der Waals surface area contributed by atoms with Crippen LogP contribution in [0, 0.1) is 0 Å². The average Bonchev–Trinajstić information content (AvgIpc) is 2.17. The first-order chi connectivity index (χ1) is 6.93. The van der Waals surface area contributed by atoms with Crippen LogP contribution in [-0.2, 0) is 5.41 Å². The van der Waals surface area contributed by atoms with Crippen molar-refractivity contribution in [2.75, 3.05) is 5.88 Å². The van der Waals surface area contributed by atoms with Gasteiger partial charge < -0.3 is 4.74 Å². The second kappa shape index (κ2) is 4.89. The van der Waals surface area contributed by atoms with E-state index in [1.165, 1.54) is 5.56 Å². The van der Waals surface area contributed by atoms with Gasteiger partial charge in [-0.05, 0) is 30.0 Å². The van der Waals surface area contributed by atoms with Crippen LogP contribution < -0.4 is 4.74 Å². The molecule has 1 unspecified atom stereocenters. The van der Waals surface area contributed by atoms with E-state index in [0.717, 1.165) is 5.75 Å². The summed E-state index contributed by atoms with van der Waals surface area (Å²) in [5, 5.41) is 0. The molecule has 1 nitrogen and oxygen atoms in total. The standard InChI is InChI=1S/C13H19ClO/c1-10(9-14)15-12-7-5-6-11(8-12)13(2,3)4/h5-8,10H,9H2,1-4H3. The zero-order valence-corrected chi connectivity index (χ0v) is 10.6. The molecular formula is C13H19ClO. The summed E-state index contributed by atoms with van der Waals surface area (Å²) >= 11 is 5.71. The zero-order valence-electron chi connectivity index (χ0n) is 9.88. The van der Waals surface area contributed by atoms with Crippen molar-refractivity contribution in [3.8, 4) is 5.75 Å². The van der Waals surface area contributed by atoms with Gasteiger partial charge in [0, 0.05) is 0 Å². The fraction of sp³-hybridized carbons (Fsp3) is 0.538. The molecule has 0 saturated carbocycles. The number of alkyl halides is 1. The average molecular weight is 227 g/mol. The van der Waals surface area contributed by atoms with Gasteiger partial charge >= 0.3 is 0 Å². The monoisotopic (exact) mass is 226 g/mol. The first-order valence-corrected chi connectivity index (χ1v) is 5.80. The highest BCUT2D eigenvalue weighted by atomic mass is 35.5. The number of ether oxygens (including phenoxy) is 1. The number of rotatable bonds is 3. The summed E-state index contributed by atoms with van der Waals surface area (Å²) in [5.74, 6) is 1.41. The molecule has 0 heterocycles. The Hall–Kier alpha value is -0.690. The summed E-state index contributed by atoms with van der Waals surface area (Å²) in [6, 6.07) is 8.20. The molecule has 0 bridgehead atoms. The number of hydrogen-bond acceptors (Lipinski definition) is 1. The van der Waals surface area contributed by atoms with Crippen LogP contribution in [0.1, 0.15) is 33.3 Å². The van der Waals surface area contributed by atoms with Gasteiger partial charge in [0.05, 0.1) is 5.88 Å². The fourth-order valence-corrected chi connectivity index (χ4v) is 1.36. The molecule has 1 aromatic rings. The van der Waals surface area contributed by atoms with Gasteiger partial charge in [-0.1, -0.05) is 32.9 Å². The number of halogens is 1. The molecule has 0 aliphatic rings. The van der Waals surface area contributed by atoms with E-state index < -0.39 is 0 Å². The van der Waals surface area contributed by atoms with Crippen LogP contribution in [0.3, 0.4) is 0 Å². The minimum Gasteiger partial charge on any atom is -0.489 e. The van der Waals surface area contributed by atoms with Crippen LogP contribution >= 0.6 is 11.6 Å². The summed E-state index contributed by atoms with van der Waals surface area (Å²) in [5.41, 5.74) is 1.44. The lowest BCUT2D eigenvalue weighted by molar-refractivity contribution is 0.245. The quantitative estimate of drug-likeness (QED) is 0.709. The van der Waals surface area contributed by atoms with Crippen molar-refractivity contribution in [2.45, 2.75) is 39.2 Å². The lowest BCUT2D eigenvalue weighted by Crippen LogP contribution is -2.15. The minimum absolute atomic E-state index is 0.0573. The Labute approximate surface area is 97.4 Å². The van der Waals surface area contributed by atoms with Crippen molar-refractivity contribution in [3.05, 3.63) is 29.8 Å². The van der Waals surface area contributed by atoms with Crippen molar-refractivity contribution in [3.63, 3.8) is 0 Å². The second-order valence-electron chi connectivity index (χ2n) is 4.86. The first kappa shape index (κ1) is 12.4. The molecule has 1 aromatic carbocycles. The normalized spacial score (nSPS) is 13.7. The van der Waals surface area contributed by atoms with Gasteiger partial charge in [0.15, 0.2) is 0 Å². The third-order valence-electron chi connectivity index (χ3n) is 2.25. The highest BCUT2D eigenvalue weighted by Crippen LogP contribution is 2.26. The van der Waals surface area contributed by atoms with Gasteiger partial charge in [-0.15, -0.1) is 11.6 Å². The van der Waals surface area contributed by atoms with E-state index in [0.29, 0.717) is 5.88 Å². The van der Waals surface area contributed by atoms with Crippen molar-refractivity contribution < 1.29 is 4.74 Å². The highest BCUT2D eigenvalue weighted by molar-refractivity contribution is 6.18. The second-order valence-corrected chi connectivity index (χ2v) is 5.17. The van der Waals surface area contributed by atoms with E-state index in [1.54, 1.807) is 0 Å². The van der Waals surface area contributed by atoms with Gasteiger partial charge in [-0.3, -0.25) is 0 Å². The van der Waals surface area contributed by atoms with Crippen molar-refractivity contribution in [1.29, 1.82) is 0 Å². The van der Waals surface area contributed by atoms with Crippen LogP contribution in [-0.4, -0.2) is 12.0 Å². The van der Waals surface area contributed by atoms with Crippen molar-refractivity contribution in [2.24, 2.45) is 0 Å². The predicted molar refractivity (Wildman–Crippen MR) is 66.0 cm³/mol. The predicted octanol–water partition coefficient (Wildman–Crippen LogP) is 3.99. The molecule has 0 N–H and O–H groups in total. The highest BCUT2D eigenvalue weighted by Gasteiger charge is 2.14. The van der Waals surface area contributed by atoms with E-state index in [1.807, 2.05) is 19.1 Å². The van der Waals surface area contributed by atoms with Crippen LogP contribution in [0.25, 0.3) is 0 Å². The molecule has 0 aliphatic carbocycles. The third kappa shape index (κ3) is 3.75. The Kier molecular flexibility index (Phi) is 4.04. The summed E-state index contributed by atoms with van der Waals surface area (Å²) in [4.78, 5) is 0. The van der Waals surface area contributed by atoms with E-state index in [-0.39, 0.29) is 11.5 Å². The summed E-state index contributed by atoms with van der Waals surface area (Å²) in [7, 11) is 0. The molecule has 0 radical (unpaired) electrons. The largest absolute Gasteiger partial charge is 0.489 e. The SMILES string of the molecule is CC(CCl)Oc1cccc(C(C)(C)C)c1. The molecule has 2 heteroatoms. The van der Waals surface area contributed by atoms with Gasteiger partial charge in [0.25, 0.3) is 0 Å². The van der Waals surface area contributed by atoms with E-state index in [9.17, 15) is 0 Å². The molecule has 84 valence electrons. The van der Waals surface area contributed by atoms with Gasteiger partial charge in [-0.25, -0.2) is 0 Å². The van der Waals surface area contributed by atoms with Gasteiger partial charge in [0.2, 0.25) is 0 Å². The molecule has 0 fully saturated rings. The number of benzene rings is 1. The lowest BCUT2D eigenvalue weighted by atomic mass is 9.87. The van der Waals surface area contributed by atoms with Crippen LogP contribution in [0.2, 0.25) is 0 Å². The van der Waals surface area contributed by atoms with Crippen LogP contribution in [0.5, 0.6) is 5.75 Å². The van der Waals surface area contributed by atoms with Gasteiger partial charge in [-0.2, -0.15) is 0 Å². The third-order valence-corrected chi connectivity index (χ3v) is 2.69. The Morgan fingerprint density at radius 2 is 2.00 bits per heavy atom. The van der Waals surface area contributed by atoms with Gasteiger partial charge in [0.1, 0.15) is 11.9 Å². The summed E-state index contributed by atoms with van der Waals surface area (Å²) in [6.07, 6.45) is 0.0573. The van der Waals surface area contributed by atoms with E-state index in [2.05, 4.69) is 32.9 Å². The smallest absolute Gasteiger partial charge is 0.120 e. The van der Waals surface area contributed by atoms with Crippen molar-refractivity contribution in [1.82, 2.24) is 0 Å². The topological polar surface area (TPSA) is 9.23 Å². The van der Waals surface area contributed by atoms with Crippen LogP contribution in [0.4, 0.5) is 0 Å². The Balaban J connectivity index is 2.84. The molecule has 0 spiro atoms. The maximum absolute atomic E-state index is 5.71. The maximum atomic E-state index is 5.71. The minimum atomic E-state index is 0.0573. The van der Waals surface area contributed by atoms with E-state index in [4.69, 9.17) is 16.3 Å². The fourth-order valence-electron chi connectivity index (χ4n) is 1.30. The number of hydrogen-bond donors (Lipinski definition) is 0. The van der Waals surface area contributed by atoms with E-state index >= 15 is 0 Å². The molecular weight excluding hydrogens is 208 g/mol. The maximum Gasteiger partial charge on any atom is 0.120 e. The van der Waals surface area contributed by atoms with Crippen molar-refractivity contribution >= 4 is 11.6 Å². The first-order valence-electron chi connectivity index (χ1n) is 5.26. The molecule has 1 rings (SSSR count). The summed E-state index contributed by atoms with van der Waals surface area (Å²) < 4.78 is 5.67. The summed E-state index contributed by atoms with van der Waals surface area (Å²) in [6.45, 7) is 8.54. The zero-order chi connectivity index (χ0) is 11.5. The molecule has 1 atom stereocenters. The molecule has 15 heavy (non-hydrogen) atoms. The Morgan fingerprint density at radius 3 is 2.53 bits per heavy atom. The molecule has 0 amide bonds.